The molecule has 2 aliphatic heterocycles. The molecule has 2 atom stereocenters. The second kappa shape index (κ2) is 9.79. The van der Waals surface area contributed by atoms with Gasteiger partial charge in [0.2, 0.25) is 0 Å². The molecule has 0 unspecified atom stereocenters. The lowest BCUT2D eigenvalue weighted by Crippen LogP contribution is -2.71. The number of benzene rings is 1. The number of carbonyl (C=O) groups is 3. The SMILES string of the molecule is Nc1nc(C(=NO)C(=O)N[C@@H]2C(=O)N3C(C(=O)O)=C(CSc4ccc5ccccc5n4)CS[C@@H]23)cs1. The molecule has 11 nitrogen and oxygen atoms in total. The summed E-state index contributed by atoms with van der Waals surface area (Å²) in [5.41, 5.74) is 6.62. The van der Waals surface area contributed by atoms with Crippen molar-refractivity contribution in [1.82, 2.24) is 20.2 Å². The van der Waals surface area contributed by atoms with Gasteiger partial charge in [0, 0.05) is 22.3 Å². The van der Waals surface area contributed by atoms with Gasteiger partial charge in [-0.1, -0.05) is 29.4 Å². The fourth-order valence-corrected chi connectivity index (χ4v) is 6.81. The van der Waals surface area contributed by atoms with Gasteiger partial charge in [-0.15, -0.1) is 34.9 Å². The molecule has 1 fully saturated rings. The minimum absolute atomic E-state index is 0.0742. The molecule has 2 aliphatic rings. The number of carboxylic acid groups (broad SMARTS) is 1. The third kappa shape index (κ3) is 4.38. The zero-order valence-electron chi connectivity index (χ0n) is 18.3. The second-order valence-electron chi connectivity index (χ2n) is 7.77. The second-order valence-corrected chi connectivity index (χ2v) is 10.8. The quantitative estimate of drug-likeness (QED) is 0.114. The van der Waals surface area contributed by atoms with Crippen LogP contribution in [0.4, 0.5) is 5.13 Å². The number of carbonyl (C=O) groups excluding carboxylic acids is 2. The lowest BCUT2D eigenvalue weighted by atomic mass is 10.0. The van der Waals surface area contributed by atoms with E-state index in [9.17, 15) is 24.7 Å². The van der Waals surface area contributed by atoms with Crippen LogP contribution in [0.15, 0.2) is 63.2 Å². The molecular formula is C22H18N6O5S3. The molecule has 2 amide bonds. The van der Waals surface area contributed by atoms with Gasteiger partial charge in [0.25, 0.3) is 11.8 Å². The van der Waals surface area contributed by atoms with Crippen LogP contribution >= 0.6 is 34.9 Å². The van der Waals surface area contributed by atoms with Crippen molar-refractivity contribution in [3.63, 3.8) is 0 Å². The Morgan fingerprint density at radius 1 is 1.25 bits per heavy atom. The zero-order chi connectivity index (χ0) is 25.4. The first-order valence-electron chi connectivity index (χ1n) is 10.5. The number of hydrogen-bond donors (Lipinski definition) is 4. The maximum absolute atomic E-state index is 12.9. The average molecular weight is 543 g/mol. The predicted molar refractivity (Wildman–Crippen MR) is 137 cm³/mol. The van der Waals surface area contributed by atoms with Crippen molar-refractivity contribution in [2.24, 2.45) is 5.16 Å². The minimum Gasteiger partial charge on any atom is -0.477 e. The summed E-state index contributed by atoms with van der Waals surface area (Å²) >= 11 is 3.82. The lowest BCUT2D eigenvalue weighted by Gasteiger charge is -2.49. The maximum Gasteiger partial charge on any atom is 0.352 e. The number of hydrogen-bond acceptors (Lipinski definition) is 11. The third-order valence-electron chi connectivity index (χ3n) is 5.58. The molecule has 14 heteroatoms. The van der Waals surface area contributed by atoms with Crippen molar-refractivity contribution in [3.8, 4) is 0 Å². The molecule has 0 radical (unpaired) electrons. The number of aromatic nitrogens is 2. The van der Waals surface area contributed by atoms with Crippen molar-refractivity contribution >= 4 is 74.4 Å². The fourth-order valence-electron chi connectivity index (χ4n) is 3.90. The highest BCUT2D eigenvalue weighted by atomic mass is 32.2. The number of nitrogens with two attached hydrogens (primary N) is 1. The number of para-hydroxylation sites is 1. The van der Waals surface area contributed by atoms with Crippen molar-refractivity contribution < 1.29 is 24.7 Å². The smallest absolute Gasteiger partial charge is 0.352 e. The summed E-state index contributed by atoms with van der Waals surface area (Å²) in [5, 5.41) is 27.5. The molecule has 1 saturated heterocycles. The van der Waals surface area contributed by atoms with Gasteiger partial charge in [0.15, 0.2) is 10.8 Å². The highest BCUT2D eigenvalue weighted by Crippen LogP contribution is 2.41. The van der Waals surface area contributed by atoms with Gasteiger partial charge in [-0.3, -0.25) is 14.5 Å². The van der Waals surface area contributed by atoms with Crippen LogP contribution in [0.5, 0.6) is 0 Å². The van der Waals surface area contributed by atoms with E-state index in [0.29, 0.717) is 17.1 Å². The third-order valence-corrected chi connectivity index (χ3v) is 8.61. The Labute approximate surface area is 216 Å². The van der Waals surface area contributed by atoms with Crippen LogP contribution in [0.25, 0.3) is 10.9 Å². The van der Waals surface area contributed by atoms with E-state index in [2.05, 4.69) is 20.4 Å². The number of rotatable bonds is 7. The summed E-state index contributed by atoms with van der Waals surface area (Å²) in [6.07, 6.45) is 0. The van der Waals surface area contributed by atoms with E-state index in [4.69, 9.17) is 5.73 Å². The Morgan fingerprint density at radius 3 is 2.78 bits per heavy atom. The van der Waals surface area contributed by atoms with Gasteiger partial charge in [0.1, 0.15) is 22.8 Å². The van der Waals surface area contributed by atoms with Crippen LogP contribution in [0.1, 0.15) is 5.69 Å². The number of carboxylic acids is 1. The molecule has 184 valence electrons. The van der Waals surface area contributed by atoms with E-state index in [0.717, 1.165) is 27.3 Å². The molecule has 5 N–H and O–H groups in total. The zero-order valence-corrected chi connectivity index (χ0v) is 20.8. The summed E-state index contributed by atoms with van der Waals surface area (Å²) in [6, 6.07) is 10.6. The van der Waals surface area contributed by atoms with Gasteiger partial charge < -0.3 is 21.4 Å². The number of aliphatic carboxylic acids is 1. The normalized spacial score (nSPS) is 19.7. The van der Waals surface area contributed by atoms with Crippen molar-refractivity contribution in [2.45, 2.75) is 16.4 Å². The molecule has 3 aromatic rings. The monoisotopic (exact) mass is 542 g/mol. The number of β-lactam (4-membered cyclic amide) rings is 1. The summed E-state index contributed by atoms with van der Waals surface area (Å²) in [7, 11) is 0. The number of anilines is 1. The number of oxime groups is 1. The standard InChI is InChI=1S/C22H18N6O5S3/c23-22-25-13(9-36-22)15(27-33)18(29)26-16-19(30)28-17(21(31)32)11(8-35-20(16)28)7-34-14-6-5-10-3-1-2-4-12(10)24-14/h1-6,9,16,20,33H,7-8H2,(H2,23,25)(H,26,29)(H,31,32)/t16-,20+/m1/s1. The van der Waals surface area contributed by atoms with Crippen molar-refractivity contribution in [2.75, 3.05) is 17.2 Å². The number of nitrogen functional groups attached to an aromatic ring is 1. The molecule has 0 aliphatic carbocycles. The summed E-state index contributed by atoms with van der Waals surface area (Å²) in [4.78, 5) is 47.4. The van der Waals surface area contributed by atoms with Crippen LogP contribution in [0.2, 0.25) is 0 Å². The number of amides is 2. The Kier molecular flexibility index (Phi) is 6.55. The Balaban J connectivity index is 1.30. The van der Waals surface area contributed by atoms with Gasteiger partial charge in [-0.2, -0.15) is 0 Å². The summed E-state index contributed by atoms with van der Waals surface area (Å²) in [6.45, 7) is 0. The van der Waals surface area contributed by atoms with Crippen LogP contribution < -0.4 is 11.1 Å². The molecule has 2 aromatic heterocycles. The van der Waals surface area contributed by atoms with Crippen LogP contribution in [0, 0.1) is 0 Å². The molecule has 0 saturated carbocycles. The summed E-state index contributed by atoms with van der Waals surface area (Å²) in [5.74, 6) is -1.87. The minimum atomic E-state index is -1.21. The van der Waals surface area contributed by atoms with Crippen molar-refractivity contribution in [1.29, 1.82) is 0 Å². The number of pyridine rings is 1. The first-order chi connectivity index (χ1) is 17.4. The van der Waals surface area contributed by atoms with Crippen LogP contribution in [-0.4, -0.2) is 71.6 Å². The highest BCUT2D eigenvalue weighted by Gasteiger charge is 2.54. The van der Waals surface area contributed by atoms with E-state index in [-0.39, 0.29) is 22.2 Å². The number of nitrogens with one attached hydrogen (secondary N) is 1. The Morgan fingerprint density at radius 2 is 2.06 bits per heavy atom. The van der Waals surface area contributed by atoms with E-state index in [1.54, 1.807) is 0 Å². The molecule has 1 aromatic carbocycles. The van der Waals surface area contributed by atoms with Gasteiger partial charge in [-0.25, -0.2) is 14.8 Å². The molecule has 4 heterocycles. The van der Waals surface area contributed by atoms with Gasteiger partial charge >= 0.3 is 5.97 Å². The van der Waals surface area contributed by atoms with E-state index < -0.39 is 29.2 Å². The van der Waals surface area contributed by atoms with E-state index in [1.165, 1.54) is 33.8 Å². The van der Waals surface area contributed by atoms with Crippen LogP contribution in [-0.2, 0) is 14.4 Å². The Hall–Kier alpha value is -3.62. The number of nitrogens with zero attached hydrogens (tertiary/aromatic N) is 4. The number of fused-ring (bicyclic) bond motifs is 2. The predicted octanol–water partition coefficient (Wildman–Crippen LogP) is 1.98. The van der Waals surface area contributed by atoms with Crippen LogP contribution in [0.3, 0.4) is 0 Å². The fraction of sp³-hybridized carbons (Fsp3) is 0.182. The summed E-state index contributed by atoms with van der Waals surface area (Å²) < 4.78 is 0. The molecule has 0 spiro atoms. The number of thiazole rings is 1. The van der Waals surface area contributed by atoms with Gasteiger partial charge in [0.05, 0.1) is 10.5 Å². The van der Waals surface area contributed by atoms with E-state index >= 15 is 0 Å². The molecule has 0 bridgehead atoms. The lowest BCUT2D eigenvalue weighted by molar-refractivity contribution is -0.150. The first-order valence-corrected chi connectivity index (χ1v) is 13.4. The largest absolute Gasteiger partial charge is 0.477 e. The average Bonchev–Trinajstić information content (AvgIpc) is 3.31. The molecule has 36 heavy (non-hydrogen) atoms. The number of thioether (sulfide) groups is 2. The van der Waals surface area contributed by atoms with E-state index in [1.807, 2.05) is 36.4 Å². The topological polar surface area (TPSA) is 171 Å². The van der Waals surface area contributed by atoms with Crippen molar-refractivity contribution in [3.05, 3.63) is 58.7 Å². The Bertz CT molecular complexity index is 1450. The highest BCUT2D eigenvalue weighted by molar-refractivity contribution is 8.01. The molecular weight excluding hydrogens is 524 g/mol. The van der Waals surface area contributed by atoms with Gasteiger partial charge in [-0.05, 0) is 17.7 Å². The molecule has 5 rings (SSSR count). The maximum atomic E-state index is 12.9. The first kappa shape index (κ1) is 24.1.